The van der Waals surface area contributed by atoms with Crippen molar-refractivity contribution in [3.8, 4) is 11.1 Å². The van der Waals surface area contributed by atoms with Gasteiger partial charge >= 0.3 is 5.97 Å². The van der Waals surface area contributed by atoms with E-state index in [1.165, 1.54) is 17.9 Å². The van der Waals surface area contributed by atoms with Crippen molar-refractivity contribution in [2.75, 3.05) is 20.6 Å². The first-order chi connectivity index (χ1) is 17.2. The second-order valence-electron chi connectivity index (χ2n) is 11.1. The smallest absolute Gasteiger partial charge is 0.331 e. The lowest BCUT2D eigenvalue weighted by molar-refractivity contribution is -0.139. The molecule has 0 saturated heterocycles. The molecule has 2 amide bonds. The maximum atomic E-state index is 13.7. The van der Waals surface area contributed by atoms with Crippen LogP contribution in [0, 0.1) is 5.41 Å². The molecule has 0 bridgehead atoms. The Kier molecular flexibility index (Phi) is 9.81. The van der Waals surface area contributed by atoms with Gasteiger partial charge in [-0.15, -0.1) is 0 Å². The highest BCUT2D eigenvalue weighted by atomic mass is 16.4. The van der Waals surface area contributed by atoms with Crippen LogP contribution in [0.4, 0.5) is 0 Å². The normalized spacial score (nSPS) is 14.0. The molecule has 2 rings (SSSR count). The van der Waals surface area contributed by atoms with Crippen molar-refractivity contribution < 1.29 is 19.5 Å². The minimum atomic E-state index is -1.03. The molecule has 37 heavy (non-hydrogen) atoms. The van der Waals surface area contributed by atoms with E-state index in [2.05, 4.69) is 28.8 Å². The quantitative estimate of drug-likeness (QED) is 0.418. The Morgan fingerprint density at radius 1 is 0.946 bits per heavy atom. The second kappa shape index (κ2) is 12.2. The van der Waals surface area contributed by atoms with E-state index >= 15 is 0 Å². The monoisotopic (exact) mass is 507 g/mol. The molecule has 2 aromatic rings. The lowest BCUT2D eigenvalue weighted by atomic mass is 9.76. The van der Waals surface area contributed by atoms with E-state index in [-0.39, 0.29) is 23.9 Å². The SMILES string of the molecule is CN[C@H](C(=O)NC(C(=O)N(C)C/C=C(\C)C(=O)O)C(C)(C)C)C(C)(C)c1cccc(-c2ccccc2)c1. The van der Waals surface area contributed by atoms with Crippen molar-refractivity contribution in [1.82, 2.24) is 15.5 Å². The number of carboxylic acid groups (broad SMARTS) is 1. The van der Waals surface area contributed by atoms with Gasteiger partial charge in [-0.05, 0) is 36.1 Å². The number of nitrogens with one attached hydrogen (secondary N) is 2. The van der Waals surface area contributed by atoms with Gasteiger partial charge in [-0.1, -0.05) is 95.3 Å². The molecule has 0 fully saturated rings. The predicted octanol–water partition coefficient (Wildman–Crippen LogP) is 4.24. The summed E-state index contributed by atoms with van der Waals surface area (Å²) in [6, 6.07) is 16.8. The Hall–Kier alpha value is -3.45. The van der Waals surface area contributed by atoms with Gasteiger partial charge in [0.25, 0.3) is 0 Å². The van der Waals surface area contributed by atoms with E-state index in [0.29, 0.717) is 0 Å². The first kappa shape index (κ1) is 29.8. The lowest BCUT2D eigenvalue weighted by Gasteiger charge is -2.38. The van der Waals surface area contributed by atoms with Crippen molar-refractivity contribution in [2.24, 2.45) is 5.41 Å². The number of benzene rings is 2. The molecule has 0 heterocycles. The number of amides is 2. The van der Waals surface area contributed by atoms with Crippen LogP contribution in [-0.4, -0.2) is 60.5 Å². The van der Waals surface area contributed by atoms with Gasteiger partial charge in [-0.3, -0.25) is 9.59 Å². The van der Waals surface area contributed by atoms with Crippen LogP contribution in [0.3, 0.4) is 0 Å². The number of nitrogens with zero attached hydrogens (tertiary/aromatic N) is 1. The third kappa shape index (κ3) is 7.52. The van der Waals surface area contributed by atoms with Gasteiger partial charge < -0.3 is 20.6 Å². The Balaban J connectivity index is 2.31. The average Bonchev–Trinajstić information content (AvgIpc) is 2.85. The van der Waals surface area contributed by atoms with Gasteiger partial charge in [0.2, 0.25) is 11.8 Å². The second-order valence-corrected chi connectivity index (χ2v) is 11.1. The van der Waals surface area contributed by atoms with Crippen molar-refractivity contribution in [2.45, 2.75) is 59.0 Å². The van der Waals surface area contributed by atoms with Crippen molar-refractivity contribution >= 4 is 17.8 Å². The van der Waals surface area contributed by atoms with E-state index in [1.807, 2.05) is 71.0 Å². The van der Waals surface area contributed by atoms with Crippen molar-refractivity contribution in [3.05, 3.63) is 71.8 Å². The Labute approximate surface area is 221 Å². The molecule has 0 aliphatic carbocycles. The van der Waals surface area contributed by atoms with Crippen molar-refractivity contribution in [3.63, 3.8) is 0 Å². The summed E-state index contributed by atoms with van der Waals surface area (Å²) < 4.78 is 0. The number of hydrogen-bond acceptors (Lipinski definition) is 4. The molecule has 0 saturated carbocycles. The molecule has 0 radical (unpaired) electrons. The molecule has 0 aliphatic rings. The highest BCUT2D eigenvalue weighted by Crippen LogP contribution is 2.31. The third-order valence-corrected chi connectivity index (χ3v) is 6.77. The minimum absolute atomic E-state index is 0.132. The molecular formula is C30H41N3O4. The summed E-state index contributed by atoms with van der Waals surface area (Å²) in [7, 11) is 3.35. The summed E-state index contributed by atoms with van der Waals surface area (Å²) in [5.74, 6) is -1.59. The van der Waals surface area contributed by atoms with Crippen LogP contribution in [-0.2, 0) is 19.8 Å². The minimum Gasteiger partial charge on any atom is -0.478 e. The van der Waals surface area contributed by atoms with Gasteiger partial charge in [0.05, 0.1) is 6.04 Å². The van der Waals surface area contributed by atoms with E-state index in [9.17, 15) is 14.4 Å². The van der Waals surface area contributed by atoms with Crippen LogP contribution in [0.1, 0.15) is 47.1 Å². The van der Waals surface area contributed by atoms with Crippen LogP contribution in [0.2, 0.25) is 0 Å². The first-order valence-electron chi connectivity index (χ1n) is 12.5. The zero-order valence-corrected chi connectivity index (χ0v) is 23.3. The molecule has 0 spiro atoms. The number of likely N-dealkylation sites (N-methyl/N-ethyl adjacent to an activating group) is 2. The summed E-state index contributed by atoms with van der Waals surface area (Å²) in [4.78, 5) is 39.5. The summed E-state index contributed by atoms with van der Waals surface area (Å²) in [5.41, 5.74) is 2.15. The third-order valence-electron chi connectivity index (χ3n) is 6.77. The molecule has 0 aromatic heterocycles. The topological polar surface area (TPSA) is 98.7 Å². The van der Waals surface area contributed by atoms with Crippen LogP contribution in [0.15, 0.2) is 66.2 Å². The van der Waals surface area contributed by atoms with Crippen LogP contribution < -0.4 is 10.6 Å². The molecule has 3 N–H and O–H groups in total. The summed E-state index contributed by atoms with van der Waals surface area (Å²) in [6.45, 7) is 11.3. The van der Waals surface area contributed by atoms with E-state index in [1.54, 1.807) is 14.1 Å². The van der Waals surface area contributed by atoms with E-state index in [0.717, 1.165) is 16.7 Å². The number of carboxylic acids is 1. The van der Waals surface area contributed by atoms with Crippen LogP contribution in [0.25, 0.3) is 11.1 Å². The van der Waals surface area contributed by atoms with E-state index in [4.69, 9.17) is 5.11 Å². The molecule has 0 aliphatic heterocycles. The average molecular weight is 508 g/mol. The summed E-state index contributed by atoms with van der Waals surface area (Å²) in [6.07, 6.45) is 1.49. The lowest BCUT2D eigenvalue weighted by Crippen LogP contribution is -2.60. The fraction of sp³-hybridized carbons (Fsp3) is 0.433. The number of carbonyl (C=O) groups excluding carboxylic acids is 2. The van der Waals surface area contributed by atoms with Crippen LogP contribution >= 0.6 is 0 Å². The summed E-state index contributed by atoms with van der Waals surface area (Å²) >= 11 is 0. The molecule has 2 aromatic carbocycles. The largest absolute Gasteiger partial charge is 0.478 e. The fourth-order valence-electron chi connectivity index (χ4n) is 4.26. The molecule has 200 valence electrons. The van der Waals surface area contributed by atoms with Gasteiger partial charge in [0, 0.05) is 24.6 Å². The Morgan fingerprint density at radius 2 is 1.54 bits per heavy atom. The highest BCUT2D eigenvalue weighted by molar-refractivity contribution is 5.91. The molecule has 2 atom stereocenters. The zero-order chi connectivity index (χ0) is 28.0. The molecular weight excluding hydrogens is 466 g/mol. The zero-order valence-electron chi connectivity index (χ0n) is 23.3. The summed E-state index contributed by atoms with van der Waals surface area (Å²) in [5, 5.41) is 15.3. The first-order valence-corrected chi connectivity index (χ1v) is 12.5. The standard InChI is InChI=1S/C30H41N3O4/c1-20(28(36)37)17-18-33(8)27(35)25(29(2,3)4)32-26(34)24(31-7)30(5,6)23-16-12-15-22(19-23)21-13-10-9-11-14-21/h9-17,19,24-25,31H,18H2,1-8H3,(H,32,34)(H,36,37)/b20-17+/t24-,25?/m1/s1. The van der Waals surface area contributed by atoms with Gasteiger partial charge in [-0.2, -0.15) is 0 Å². The number of hydrogen-bond donors (Lipinski definition) is 3. The maximum Gasteiger partial charge on any atom is 0.331 e. The number of carbonyl (C=O) groups is 3. The van der Waals surface area contributed by atoms with Gasteiger partial charge in [-0.25, -0.2) is 4.79 Å². The van der Waals surface area contributed by atoms with Gasteiger partial charge in [0.1, 0.15) is 6.04 Å². The molecule has 1 unspecified atom stereocenters. The Morgan fingerprint density at radius 3 is 2.08 bits per heavy atom. The molecule has 7 nitrogen and oxygen atoms in total. The number of aliphatic carboxylic acids is 1. The number of rotatable bonds is 10. The Bertz CT molecular complexity index is 1130. The fourth-order valence-corrected chi connectivity index (χ4v) is 4.26. The predicted molar refractivity (Wildman–Crippen MR) is 148 cm³/mol. The van der Waals surface area contributed by atoms with Crippen molar-refractivity contribution in [1.29, 1.82) is 0 Å². The van der Waals surface area contributed by atoms with E-state index < -0.39 is 28.9 Å². The van der Waals surface area contributed by atoms with Crippen LogP contribution in [0.5, 0.6) is 0 Å². The highest BCUT2D eigenvalue weighted by Gasteiger charge is 2.40. The van der Waals surface area contributed by atoms with Gasteiger partial charge in [0.15, 0.2) is 0 Å². The molecule has 7 heteroatoms. The maximum absolute atomic E-state index is 13.7.